The van der Waals surface area contributed by atoms with Crippen LogP contribution in [0, 0.1) is 0 Å². The third-order valence-electron chi connectivity index (χ3n) is 4.70. The first-order chi connectivity index (χ1) is 12.7. The Morgan fingerprint density at radius 3 is 1.73 bits per heavy atom. The summed E-state index contributed by atoms with van der Waals surface area (Å²) in [5.74, 6) is -0.388. The fourth-order valence-electron chi connectivity index (χ4n) is 3.08. The number of carbonyl (C=O) groups excluding carboxylic acids is 2. The zero-order valence-corrected chi connectivity index (χ0v) is 17.1. The van der Waals surface area contributed by atoms with E-state index in [-0.39, 0.29) is 23.9 Å². The van der Waals surface area contributed by atoms with Crippen molar-refractivity contribution in [2.45, 2.75) is 77.3 Å². The molecule has 2 N–H and O–H groups in total. The number of rotatable bonds is 11. The van der Waals surface area contributed by atoms with Gasteiger partial charge in [-0.25, -0.2) is 4.67 Å². The van der Waals surface area contributed by atoms with Crippen molar-refractivity contribution in [1.29, 1.82) is 0 Å². The van der Waals surface area contributed by atoms with Crippen LogP contribution in [0.15, 0.2) is 0 Å². The Bertz CT molecular complexity index is 402. The summed E-state index contributed by atoms with van der Waals surface area (Å²) in [5, 5.41) is 6.41. The number of hydrogen-bond acceptors (Lipinski definition) is 6. The third kappa shape index (κ3) is 6.24. The predicted octanol–water partition coefficient (Wildman–Crippen LogP) is 2.71. The van der Waals surface area contributed by atoms with Crippen LogP contribution >= 0.6 is 8.53 Å². The van der Waals surface area contributed by atoms with Crippen LogP contribution < -0.4 is 10.6 Å². The van der Waals surface area contributed by atoms with Gasteiger partial charge in [0.15, 0.2) is 0 Å². The van der Waals surface area contributed by atoms with Gasteiger partial charge >= 0.3 is 0 Å². The van der Waals surface area contributed by atoms with Crippen LogP contribution in [-0.2, 0) is 18.6 Å². The van der Waals surface area contributed by atoms with Crippen molar-refractivity contribution in [2.24, 2.45) is 0 Å². The van der Waals surface area contributed by atoms with E-state index in [2.05, 4.69) is 24.5 Å². The summed E-state index contributed by atoms with van der Waals surface area (Å²) in [6, 6.07) is -0.621. The van der Waals surface area contributed by atoms with Gasteiger partial charge in [0.1, 0.15) is 0 Å². The number of carbonyl (C=O) groups is 2. The largest absolute Gasteiger partial charge is 0.317 e. The van der Waals surface area contributed by atoms with Crippen LogP contribution in [0.4, 0.5) is 0 Å². The van der Waals surface area contributed by atoms with E-state index in [0.717, 1.165) is 64.5 Å². The van der Waals surface area contributed by atoms with E-state index in [0.29, 0.717) is 13.2 Å². The van der Waals surface area contributed by atoms with E-state index in [9.17, 15) is 9.59 Å². The molecule has 2 atom stereocenters. The van der Waals surface area contributed by atoms with Crippen molar-refractivity contribution in [1.82, 2.24) is 15.3 Å². The molecule has 2 saturated heterocycles. The van der Waals surface area contributed by atoms with Crippen molar-refractivity contribution >= 4 is 20.3 Å². The molecule has 2 aliphatic rings. The highest BCUT2D eigenvalue weighted by Gasteiger charge is 2.41. The van der Waals surface area contributed by atoms with Crippen molar-refractivity contribution in [3.63, 3.8) is 0 Å². The average molecular weight is 387 g/mol. The summed E-state index contributed by atoms with van der Waals surface area (Å²) >= 11 is 0. The Hall–Kier alpha value is -0.590. The molecule has 150 valence electrons. The number of nitrogens with one attached hydrogen (secondary N) is 2. The molecule has 2 fully saturated rings. The lowest BCUT2D eigenvalue weighted by Gasteiger charge is -2.31. The van der Waals surface area contributed by atoms with Gasteiger partial charge in [-0.2, -0.15) is 0 Å². The molecule has 0 aromatic rings. The lowest BCUT2D eigenvalue weighted by Crippen LogP contribution is -2.49. The van der Waals surface area contributed by atoms with E-state index in [1.54, 1.807) is 0 Å². The van der Waals surface area contributed by atoms with Crippen LogP contribution in [-0.4, -0.2) is 54.9 Å². The van der Waals surface area contributed by atoms with Crippen LogP contribution in [0.3, 0.4) is 0 Å². The molecule has 2 aliphatic heterocycles. The Kier molecular flexibility index (Phi) is 10.0. The number of nitrogens with zero attached hydrogens (tertiary/aromatic N) is 1. The molecular weight excluding hydrogens is 353 g/mol. The third-order valence-corrected chi connectivity index (χ3v) is 6.22. The van der Waals surface area contributed by atoms with Crippen molar-refractivity contribution in [2.75, 3.05) is 26.3 Å². The lowest BCUT2D eigenvalue weighted by atomic mass is 10.2. The molecule has 0 spiro atoms. The Morgan fingerprint density at radius 1 is 0.923 bits per heavy atom. The summed E-state index contributed by atoms with van der Waals surface area (Å²) < 4.78 is 13.2. The SMILES string of the molecule is CCCCOP(OCCCC)N(C(=O)C1CCCN1)C(=O)C1CCCN1. The summed E-state index contributed by atoms with van der Waals surface area (Å²) in [4.78, 5) is 26.2. The number of unbranched alkanes of at least 4 members (excludes halogenated alkanes) is 2. The highest BCUT2D eigenvalue weighted by atomic mass is 31.2. The minimum Gasteiger partial charge on any atom is -0.317 e. The van der Waals surface area contributed by atoms with Gasteiger partial charge < -0.3 is 19.7 Å². The molecule has 0 saturated carbocycles. The maximum absolute atomic E-state index is 13.1. The van der Waals surface area contributed by atoms with Crippen LogP contribution in [0.1, 0.15) is 65.2 Å². The van der Waals surface area contributed by atoms with E-state index < -0.39 is 8.53 Å². The van der Waals surface area contributed by atoms with Crippen LogP contribution in [0.5, 0.6) is 0 Å². The quantitative estimate of drug-likeness (QED) is 0.322. The molecule has 0 radical (unpaired) electrons. The molecule has 8 heteroatoms. The van der Waals surface area contributed by atoms with Gasteiger partial charge in [-0.3, -0.25) is 9.59 Å². The molecule has 0 aliphatic carbocycles. The van der Waals surface area contributed by atoms with Gasteiger partial charge in [0, 0.05) is 0 Å². The lowest BCUT2D eigenvalue weighted by molar-refractivity contribution is -0.141. The zero-order valence-electron chi connectivity index (χ0n) is 16.2. The fourth-order valence-corrected chi connectivity index (χ4v) is 4.56. The molecule has 0 bridgehead atoms. The minimum atomic E-state index is -1.70. The molecule has 2 rings (SSSR count). The summed E-state index contributed by atoms with van der Waals surface area (Å²) in [6.07, 6.45) is 7.17. The number of hydrogen-bond donors (Lipinski definition) is 2. The van der Waals surface area contributed by atoms with E-state index in [4.69, 9.17) is 9.05 Å². The molecule has 2 heterocycles. The van der Waals surface area contributed by atoms with Gasteiger partial charge in [0.25, 0.3) is 20.3 Å². The van der Waals surface area contributed by atoms with Crippen LogP contribution in [0.25, 0.3) is 0 Å². The fraction of sp³-hybridized carbons (Fsp3) is 0.889. The number of imide groups is 1. The molecule has 26 heavy (non-hydrogen) atoms. The topological polar surface area (TPSA) is 79.9 Å². The standard InChI is InChI=1S/C18H34N3O4P/c1-3-5-13-24-26(25-14-6-4-2)21(17(22)15-9-7-11-19-15)18(23)16-10-8-12-20-16/h15-16,19-20H,3-14H2,1-2H3. The molecule has 0 aromatic carbocycles. The van der Waals surface area contributed by atoms with Crippen molar-refractivity contribution in [3.8, 4) is 0 Å². The first-order valence-electron chi connectivity index (χ1n) is 10.1. The van der Waals surface area contributed by atoms with E-state index >= 15 is 0 Å². The predicted molar refractivity (Wildman–Crippen MR) is 103 cm³/mol. The number of amides is 2. The van der Waals surface area contributed by atoms with Gasteiger partial charge in [-0.1, -0.05) is 26.7 Å². The second kappa shape index (κ2) is 12.0. The van der Waals surface area contributed by atoms with Crippen molar-refractivity contribution < 1.29 is 18.6 Å². The first-order valence-corrected chi connectivity index (χ1v) is 11.2. The first kappa shape index (κ1) is 21.7. The maximum atomic E-state index is 13.1. The summed E-state index contributed by atoms with van der Waals surface area (Å²) in [6.45, 7) is 6.80. The zero-order chi connectivity index (χ0) is 18.8. The minimum absolute atomic E-state index is 0.194. The van der Waals surface area contributed by atoms with Crippen molar-refractivity contribution in [3.05, 3.63) is 0 Å². The highest BCUT2D eigenvalue weighted by molar-refractivity contribution is 7.46. The maximum Gasteiger partial charge on any atom is 0.299 e. The van der Waals surface area contributed by atoms with Gasteiger partial charge in [0.05, 0.1) is 25.3 Å². The second-order valence-electron chi connectivity index (χ2n) is 6.90. The smallest absolute Gasteiger partial charge is 0.299 e. The van der Waals surface area contributed by atoms with Gasteiger partial charge in [-0.05, 0) is 51.6 Å². The molecular formula is C18H34N3O4P. The van der Waals surface area contributed by atoms with Crippen LogP contribution in [0.2, 0.25) is 0 Å². The van der Waals surface area contributed by atoms with Gasteiger partial charge in [-0.15, -0.1) is 0 Å². The monoisotopic (exact) mass is 387 g/mol. The molecule has 2 unspecified atom stereocenters. The normalized spacial score (nSPS) is 22.9. The summed E-state index contributed by atoms with van der Waals surface area (Å²) in [7, 11) is -1.70. The highest BCUT2D eigenvalue weighted by Crippen LogP contribution is 2.45. The van der Waals surface area contributed by atoms with Gasteiger partial charge in [0.2, 0.25) is 0 Å². The Morgan fingerprint density at radius 2 is 1.38 bits per heavy atom. The average Bonchev–Trinajstić information content (AvgIpc) is 3.35. The summed E-state index contributed by atoms with van der Waals surface area (Å²) in [5.41, 5.74) is 0. The Balaban J connectivity index is 2.14. The second-order valence-corrected chi connectivity index (χ2v) is 8.29. The molecule has 7 nitrogen and oxygen atoms in total. The molecule has 0 aromatic heterocycles. The van der Waals surface area contributed by atoms with E-state index in [1.807, 2.05) is 0 Å². The molecule has 2 amide bonds. The Labute approximate surface area is 158 Å². The van der Waals surface area contributed by atoms with E-state index in [1.165, 1.54) is 4.67 Å².